The van der Waals surface area contributed by atoms with Crippen molar-refractivity contribution in [3.05, 3.63) is 11.1 Å². The summed E-state index contributed by atoms with van der Waals surface area (Å²) in [6.45, 7) is 8.63. The molecule has 0 aromatic heterocycles. The van der Waals surface area contributed by atoms with Crippen molar-refractivity contribution in [1.82, 2.24) is 0 Å². The number of hydrogen-bond donors (Lipinski definition) is 2. The Labute approximate surface area is 63.3 Å². The summed E-state index contributed by atoms with van der Waals surface area (Å²) in [6, 6.07) is 0. The van der Waals surface area contributed by atoms with Crippen molar-refractivity contribution in [2.45, 2.75) is 33.2 Å². The molecule has 0 bridgehead atoms. The molecule has 2 nitrogen and oxygen atoms in total. The van der Waals surface area contributed by atoms with Crippen LogP contribution < -0.4 is 11.5 Å². The molecule has 4 N–H and O–H groups in total. The molecular weight excluding hydrogens is 124 g/mol. The summed E-state index contributed by atoms with van der Waals surface area (Å²) < 4.78 is 0. The fourth-order valence-corrected chi connectivity index (χ4v) is 0.703. The Hall–Kier alpha value is -0.340. The van der Waals surface area contributed by atoms with Crippen molar-refractivity contribution in [3.8, 4) is 0 Å². The summed E-state index contributed by atoms with van der Waals surface area (Å²) in [5.41, 5.74) is 13.5. The van der Waals surface area contributed by atoms with Crippen LogP contribution in [0.2, 0.25) is 0 Å². The van der Waals surface area contributed by atoms with Crippen LogP contribution in [0.4, 0.5) is 0 Å². The van der Waals surface area contributed by atoms with E-state index < -0.39 is 0 Å². The average molecular weight is 142 g/mol. The first-order valence-electron chi connectivity index (χ1n) is 3.55. The molecule has 0 aromatic carbocycles. The zero-order valence-electron chi connectivity index (χ0n) is 7.36. The number of nitrogens with two attached hydrogens (primary N) is 2. The van der Waals surface area contributed by atoms with Crippen molar-refractivity contribution in [1.29, 1.82) is 0 Å². The lowest BCUT2D eigenvalue weighted by atomic mass is 9.93. The van der Waals surface area contributed by atoms with E-state index in [1.807, 2.05) is 27.7 Å². The summed E-state index contributed by atoms with van der Waals surface area (Å²) in [6.07, 6.45) is 0. The minimum absolute atomic E-state index is 0.219. The molecule has 0 aromatic rings. The fraction of sp³-hybridized carbons (Fsp3) is 0.750. The maximum absolute atomic E-state index is 5.84. The SMILES string of the molecule is CC(CN)=C(C)C(C)(C)N. The molecule has 60 valence electrons. The zero-order valence-corrected chi connectivity index (χ0v) is 7.36. The minimum Gasteiger partial charge on any atom is -0.327 e. The van der Waals surface area contributed by atoms with Gasteiger partial charge in [0.1, 0.15) is 0 Å². The molecule has 0 radical (unpaired) electrons. The summed E-state index contributed by atoms with van der Waals surface area (Å²) in [5, 5.41) is 0. The van der Waals surface area contributed by atoms with Crippen molar-refractivity contribution in [2.24, 2.45) is 11.5 Å². The van der Waals surface area contributed by atoms with Gasteiger partial charge in [-0.15, -0.1) is 0 Å². The standard InChI is InChI=1S/C8H18N2/c1-6(5-9)7(2)8(3,4)10/h5,9-10H2,1-4H3. The molecule has 2 heteroatoms. The van der Waals surface area contributed by atoms with Crippen LogP contribution in [-0.2, 0) is 0 Å². The van der Waals surface area contributed by atoms with Crippen LogP contribution in [0.15, 0.2) is 11.1 Å². The van der Waals surface area contributed by atoms with Crippen molar-refractivity contribution in [3.63, 3.8) is 0 Å². The number of hydrogen-bond acceptors (Lipinski definition) is 2. The van der Waals surface area contributed by atoms with E-state index in [0.717, 1.165) is 0 Å². The third-order valence-electron chi connectivity index (χ3n) is 1.91. The molecule has 0 saturated carbocycles. The first-order valence-corrected chi connectivity index (χ1v) is 3.55. The van der Waals surface area contributed by atoms with Crippen LogP contribution in [0.25, 0.3) is 0 Å². The molecule has 10 heavy (non-hydrogen) atoms. The van der Waals surface area contributed by atoms with Crippen molar-refractivity contribution in [2.75, 3.05) is 6.54 Å². The topological polar surface area (TPSA) is 52.0 Å². The van der Waals surface area contributed by atoms with Gasteiger partial charge in [-0.25, -0.2) is 0 Å². The maximum atomic E-state index is 5.84. The largest absolute Gasteiger partial charge is 0.327 e. The van der Waals surface area contributed by atoms with Gasteiger partial charge in [-0.05, 0) is 27.7 Å². The van der Waals surface area contributed by atoms with Crippen LogP contribution in [0.1, 0.15) is 27.7 Å². The van der Waals surface area contributed by atoms with E-state index >= 15 is 0 Å². The predicted molar refractivity (Wildman–Crippen MR) is 45.7 cm³/mol. The summed E-state index contributed by atoms with van der Waals surface area (Å²) >= 11 is 0. The summed E-state index contributed by atoms with van der Waals surface area (Å²) in [7, 11) is 0. The smallest absolute Gasteiger partial charge is 0.0311 e. The third-order valence-corrected chi connectivity index (χ3v) is 1.91. The molecular formula is C8H18N2. The van der Waals surface area contributed by atoms with Gasteiger partial charge in [0.15, 0.2) is 0 Å². The lowest BCUT2D eigenvalue weighted by Gasteiger charge is -2.21. The van der Waals surface area contributed by atoms with E-state index in [2.05, 4.69) is 0 Å². The molecule has 0 heterocycles. The van der Waals surface area contributed by atoms with E-state index in [1.54, 1.807) is 0 Å². The third kappa shape index (κ3) is 2.50. The van der Waals surface area contributed by atoms with Crippen LogP contribution in [0.3, 0.4) is 0 Å². The zero-order chi connectivity index (χ0) is 8.36. The Morgan fingerprint density at radius 3 is 1.80 bits per heavy atom. The average Bonchev–Trinajstić information content (AvgIpc) is 1.83. The maximum Gasteiger partial charge on any atom is 0.0311 e. The highest BCUT2D eigenvalue weighted by Gasteiger charge is 2.14. The molecule has 0 saturated heterocycles. The first-order chi connectivity index (χ1) is 4.39. The molecule has 0 fully saturated rings. The van der Waals surface area contributed by atoms with Gasteiger partial charge in [-0.2, -0.15) is 0 Å². The molecule has 0 aliphatic rings. The van der Waals surface area contributed by atoms with Crippen LogP contribution in [0, 0.1) is 0 Å². The van der Waals surface area contributed by atoms with Gasteiger partial charge in [0.2, 0.25) is 0 Å². The first kappa shape index (κ1) is 9.66. The van der Waals surface area contributed by atoms with Gasteiger partial charge in [0, 0.05) is 12.1 Å². The quantitative estimate of drug-likeness (QED) is 0.565. The van der Waals surface area contributed by atoms with E-state index in [1.165, 1.54) is 11.1 Å². The second-order valence-electron chi connectivity index (χ2n) is 3.33. The highest BCUT2D eigenvalue weighted by Crippen LogP contribution is 2.14. The van der Waals surface area contributed by atoms with Gasteiger partial charge in [-0.3, -0.25) is 0 Å². The fourth-order valence-electron chi connectivity index (χ4n) is 0.703. The summed E-state index contributed by atoms with van der Waals surface area (Å²) in [4.78, 5) is 0. The molecule has 0 atom stereocenters. The van der Waals surface area contributed by atoms with E-state index in [9.17, 15) is 0 Å². The Morgan fingerprint density at radius 1 is 1.30 bits per heavy atom. The second-order valence-corrected chi connectivity index (χ2v) is 3.33. The highest BCUT2D eigenvalue weighted by molar-refractivity contribution is 5.20. The monoisotopic (exact) mass is 142 g/mol. The molecule has 0 aliphatic carbocycles. The molecule has 0 unspecified atom stereocenters. The van der Waals surface area contributed by atoms with Gasteiger partial charge in [0.25, 0.3) is 0 Å². The van der Waals surface area contributed by atoms with Crippen LogP contribution in [-0.4, -0.2) is 12.1 Å². The molecule has 0 amide bonds. The predicted octanol–water partition coefficient (Wildman–Crippen LogP) is 1.02. The minimum atomic E-state index is -0.219. The number of rotatable bonds is 2. The van der Waals surface area contributed by atoms with E-state index in [4.69, 9.17) is 11.5 Å². The highest BCUT2D eigenvalue weighted by atomic mass is 14.7. The molecule has 0 aliphatic heterocycles. The van der Waals surface area contributed by atoms with Gasteiger partial charge < -0.3 is 11.5 Å². The Balaban J connectivity index is 4.47. The van der Waals surface area contributed by atoms with Crippen molar-refractivity contribution >= 4 is 0 Å². The van der Waals surface area contributed by atoms with Crippen LogP contribution in [0.5, 0.6) is 0 Å². The Bertz CT molecular complexity index is 140. The second kappa shape index (κ2) is 3.17. The summed E-state index contributed by atoms with van der Waals surface area (Å²) in [5.74, 6) is 0. The Morgan fingerprint density at radius 2 is 1.70 bits per heavy atom. The lowest BCUT2D eigenvalue weighted by Crippen LogP contribution is -2.34. The lowest BCUT2D eigenvalue weighted by molar-refractivity contribution is 0.602. The van der Waals surface area contributed by atoms with Gasteiger partial charge in [0.05, 0.1) is 0 Å². The molecule has 0 spiro atoms. The van der Waals surface area contributed by atoms with Gasteiger partial charge >= 0.3 is 0 Å². The normalized spacial score (nSPS) is 15.0. The van der Waals surface area contributed by atoms with Crippen LogP contribution >= 0.6 is 0 Å². The van der Waals surface area contributed by atoms with Crippen molar-refractivity contribution < 1.29 is 0 Å². The van der Waals surface area contributed by atoms with Gasteiger partial charge in [-0.1, -0.05) is 11.1 Å². The Kier molecular flexibility index (Phi) is 3.06. The van der Waals surface area contributed by atoms with E-state index in [-0.39, 0.29) is 5.54 Å². The van der Waals surface area contributed by atoms with E-state index in [0.29, 0.717) is 6.54 Å². The molecule has 0 rings (SSSR count).